The lowest BCUT2D eigenvalue weighted by Gasteiger charge is -2.05. The molecule has 1 aliphatic heterocycles. The smallest absolute Gasteiger partial charge is 0.321 e. The molecular weight excluding hydrogens is 306 g/mol. The minimum atomic E-state index is -0.745. The Kier molecular flexibility index (Phi) is 16.2. The molecule has 9 heteroatoms. The van der Waals surface area contributed by atoms with Gasteiger partial charge in [-0.25, -0.2) is 4.79 Å². The first kappa shape index (κ1) is 23.1. The highest BCUT2D eigenvalue weighted by Crippen LogP contribution is 2.07. The number of urea groups is 1. The summed E-state index contributed by atoms with van der Waals surface area (Å²) in [5.74, 6) is -1.00. The van der Waals surface area contributed by atoms with Crippen LogP contribution in [0.15, 0.2) is 5.34 Å². The fraction of sp³-hybridized carbons (Fsp3) is 0.786. The lowest BCUT2D eigenvalue weighted by molar-refractivity contribution is -0.136. The molecule has 1 atom stereocenters. The molecular formula is C14H27N3O6. The quantitative estimate of drug-likeness (QED) is 0.270. The van der Waals surface area contributed by atoms with E-state index in [0.29, 0.717) is 0 Å². The number of aliphatic carboxylic acids is 1. The third-order valence-corrected chi connectivity index (χ3v) is 2.65. The molecule has 1 unspecified atom stereocenters. The summed E-state index contributed by atoms with van der Waals surface area (Å²) in [6, 6.07) is -0.398. The lowest BCUT2D eigenvalue weighted by Crippen LogP contribution is -2.22. The summed E-state index contributed by atoms with van der Waals surface area (Å²) in [5, 5.41) is 14.4. The van der Waals surface area contributed by atoms with Crippen molar-refractivity contribution in [2.75, 3.05) is 6.54 Å². The molecule has 0 saturated carbocycles. The van der Waals surface area contributed by atoms with Crippen LogP contribution in [0.1, 0.15) is 59.3 Å². The van der Waals surface area contributed by atoms with Crippen molar-refractivity contribution in [1.82, 2.24) is 10.6 Å². The van der Waals surface area contributed by atoms with Crippen molar-refractivity contribution >= 4 is 17.9 Å². The summed E-state index contributed by atoms with van der Waals surface area (Å²) in [6.45, 7) is 5.77. The van der Waals surface area contributed by atoms with Crippen LogP contribution in [0.3, 0.4) is 0 Å². The molecule has 134 valence electrons. The number of carboxylic acids is 1. The van der Waals surface area contributed by atoms with Crippen LogP contribution in [-0.2, 0) is 14.4 Å². The Hall–Kier alpha value is -2.19. The van der Waals surface area contributed by atoms with E-state index in [1.807, 2.05) is 12.2 Å². The number of amides is 3. The Morgan fingerprint density at radius 3 is 2.22 bits per heavy atom. The molecule has 1 fully saturated rings. The molecule has 23 heavy (non-hydrogen) atoms. The van der Waals surface area contributed by atoms with Gasteiger partial charge in [-0.2, -0.15) is 0 Å². The average Bonchev–Trinajstić information content (AvgIpc) is 2.88. The molecule has 0 aromatic rings. The van der Waals surface area contributed by atoms with Crippen LogP contribution in [0.5, 0.6) is 0 Å². The molecule has 0 radical (unpaired) electrons. The van der Waals surface area contributed by atoms with Gasteiger partial charge in [-0.15, -0.1) is 4.91 Å². The number of nitrogens with zero attached hydrogens (tertiary/aromatic N) is 1. The van der Waals surface area contributed by atoms with Crippen molar-refractivity contribution in [1.29, 1.82) is 0 Å². The number of imide groups is 1. The highest BCUT2D eigenvalue weighted by molar-refractivity contribution is 6.01. The Morgan fingerprint density at radius 1 is 1.30 bits per heavy atom. The first-order chi connectivity index (χ1) is 10.9. The van der Waals surface area contributed by atoms with E-state index < -0.39 is 12.0 Å². The van der Waals surface area contributed by atoms with Gasteiger partial charge in [0.25, 0.3) is 0 Å². The van der Waals surface area contributed by atoms with Crippen molar-refractivity contribution in [2.24, 2.45) is 5.34 Å². The molecule has 9 nitrogen and oxygen atoms in total. The van der Waals surface area contributed by atoms with E-state index >= 15 is 0 Å². The largest absolute Gasteiger partial charge is 0.481 e. The SMILES string of the molecule is CCC(=O)O.CCCCCCC(C)ON=O.O=C1CNC(=O)N1. The van der Waals surface area contributed by atoms with E-state index in [1.54, 1.807) is 6.92 Å². The molecule has 1 heterocycles. The molecule has 1 aliphatic rings. The maximum Gasteiger partial charge on any atom is 0.321 e. The van der Waals surface area contributed by atoms with E-state index in [9.17, 15) is 19.3 Å². The van der Waals surface area contributed by atoms with Crippen molar-refractivity contribution in [3.05, 3.63) is 4.91 Å². The Balaban J connectivity index is 0. The Morgan fingerprint density at radius 2 is 1.91 bits per heavy atom. The predicted octanol–water partition coefficient (Wildman–Crippen LogP) is 2.35. The van der Waals surface area contributed by atoms with E-state index in [2.05, 4.69) is 22.4 Å². The number of hydrogen-bond acceptors (Lipinski definition) is 6. The molecule has 3 N–H and O–H groups in total. The summed E-state index contributed by atoms with van der Waals surface area (Å²) in [7, 11) is 0. The Labute approximate surface area is 136 Å². The molecule has 0 bridgehead atoms. The summed E-state index contributed by atoms with van der Waals surface area (Å²) < 4.78 is 0. The number of hydrogen-bond donors (Lipinski definition) is 3. The van der Waals surface area contributed by atoms with Crippen LogP contribution in [-0.4, -0.2) is 35.7 Å². The molecule has 1 rings (SSSR count). The Bertz CT molecular complexity index is 348. The van der Waals surface area contributed by atoms with Crippen molar-refractivity contribution in [3.8, 4) is 0 Å². The van der Waals surface area contributed by atoms with Crippen molar-refractivity contribution in [3.63, 3.8) is 0 Å². The summed E-state index contributed by atoms with van der Waals surface area (Å²) in [5.41, 5.74) is 0. The molecule has 3 amide bonds. The summed E-state index contributed by atoms with van der Waals surface area (Å²) in [6.07, 6.45) is 6.01. The van der Waals surface area contributed by atoms with Crippen molar-refractivity contribution < 1.29 is 24.3 Å². The number of carboxylic acid groups (broad SMARTS) is 1. The van der Waals surface area contributed by atoms with Gasteiger partial charge in [0.1, 0.15) is 6.10 Å². The topological polar surface area (TPSA) is 134 Å². The number of nitrogens with one attached hydrogen (secondary N) is 2. The summed E-state index contributed by atoms with van der Waals surface area (Å²) >= 11 is 0. The van der Waals surface area contributed by atoms with E-state index in [0.717, 1.165) is 12.8 Å². The number of unbranched alkanes of at least 4 members (excludes halogenated alkanes) is 3. The van der Waals surface area contributed by atoms with E-state index in [1.165, 1.54) is 19.3 Å². The first-order valence-electron chi connectivity index (χ1n) is 7.65. The highest BCUT2D eigenvalue weighted by Gasteiger charge is 2.14. The average molecular weight is 333 g/mol. The lowest BCUT2D eigenvalue weighted by atomic mass is 10.1. The second-order valence-electron chi connectivity index (χ2n) is 4.82. The predicted molar refractivity (Wildman–Crippen MR) is 84.6 cm³/mol. The number of carbonyl (C=O) groups excluding carboxylic acids is 2. The third kappa shape index (κ3) is 19.8. The maximum atomic E-state index is 10.1. The fourth-order valence-electron chi connectivity index (χ4n) is 1.36. The first-order valence-corrected chi connectivity index (χ1v) is 7.65. The van der Waals surface area contributed by atoms with Crippen LogP contribution >= 0.6 is 0 Å². The van der Waals surface area contributed by atoms with Gasteiger partial charge in [-0.3, -0.25) is 14.9 Å². The molecule has 0 aliphatic carbocycles. The van der Waals surface area contributed by atoms with Gasteiger partial charge in [0, 0.05) is 6.42 Å². The monoisotopic (exact) mass is 333 g/mol. The minimum Gasteiger partial charge on any atom is -0.481 e. The van der Waals surface area contributed by atoms with Crippen LogP contribution in [0.2, 0.25) is 0 Å². The molecule has 0 aromatic heterocycles. The number of carbonyl (C=O) groups is 3. The van der Waals surface area contributed by atoms with Crippen molar-refractivity contribution in [2.45, 2.75) is 65.4 Å². The summed E-state index contributed by atoms with van der Waals surface area (Å²) in [4.78, 5) is 43.6. The van der Waals surface area contributed by atoms with Crippen LogP contribution in [0.4, 0.5) is 4.79 Å². The van der Waals surface area contributed by atoms with Gasteiger partial charge in [-0.1, -0.05) is 33.1 Å². The van der Waals surface area contributed by atoms with Gasteiger partial charge >= 0.3 is 12.0 Å². The van der Waals surface area contributed by atoms with Crippen LogP contribution < -0.4 is 10.6 Å². The van der Waals surface area contributed by atoms with Crippen LogP contribution in [0.25, 0.3) is 0 Å². The second kappa shape index (κ2) is 16.2. The zero-order valence-corrected chi connectivity index (χ0v) is 14.0. The molecule has 1 saturated heterocycles. The third-order valence-electron chi connectivity index (χ3n) is 2.65. The second-order valence-corrected chi connectivity index (χ2v) is 4.82. The van der Waals surface area contributed by atoms with Crippen LogP contribution in [0, 0.1) is 4.91 Å². The zero-order chi connectivity index (χ0) is 18.1. The highest BCUT2D eigenvalue weighted by atomic mass is 16.7. The minimum absolute atomic E-state index is 0.00986. The maximum absolute atomic E-state index is 10.1. The van der Waals surface area contributed by atoms with Gasteiger partial charge in [-0.05, 0) is 19.8 Å². The normalized spacial score (nSPS) is 13.3. The number of rotatable bonds is 8. The van der Waals surface area contributed by atoms with Gasteiger partial charge in [0.05, 0.1) is 6.54 Å². The molecule has 0 aromatic carbocycles. The van der Waals surface area contributed by atoms with Gasteiger partial charge in [0.15, 0.2) is 5.34 Å². The standard InChI is InChI=1S/C8H17NO2.C3H4N2O2.C3H6O2/c1-3-4-5-6-7-8(2)11-9-10;6-2-1-4-3(7)5-2;1-2-3(4)5/h8H,3-7H2,1-2H3;1H2,(H2,4,5,6,7);2H2,1H3,(H,4,5). The van der Waals surface area contributed by atoms with Gasteiger partial charge < -0.3 is 15.3 Å². The van der Waals surface area contributed by atoms with E-state index in [4.69, 9.17) is 5.11 Å². The fourth-order valence-corrected chi connectivity index (χ4v) is 1.36. The van der Waals surface area contributed by atoms with Gasteiger partial charge in [0.2, 0.25) is 5.91 Å². The zero-order valence-electron chi connectivity index (χ0n) is 14.0. The van der Waals surface area contributed by atoms with E-state index in [-0.39, 0.29) is 25.0 Å². The molecule has 0 spiro atoms.